The number of pyridine rings is 2. The van der Waals surface area contributed by atoms with Gasteiger partial charge in [-0.2, -0.15) is 0 Å². The molecule has 1 aliphatic heterocycles. The lowest BCUT2D eigenvalue weighted by Crippen LogP contribution is -2.25. The molecule has 7 nitrogen and oxygen atoms in total. The molecule has 1 saturated heterocycles. The lowest BCUT2D eigenvalue weighted by Gasteiger charge is -2.28. The standard InChI is InChI=1S/C22H26N6O/c1-14-13-15(9-11-23-14)18-16-7-4-3-5-8-17(16)24-20(22(2)10-6-12-29-22)19(18)21-25-27-28-26-21/h9,11,13H,3-8,10,12H2,1-2H3,(H,25,26,27,28)/t22-/m1/s1. The number of hydrogen-bond acceptors (Lipinski definition) is 6. The highest BCUT2D eigenvalue weighted by atomic mass is 16.5. The Morgan fingerprint density at radius 3 is 2.76 bits per heavy atom. The highest BCUT2D eigenvalue weighted by Gasteiger charge is 2.39. The molecule has 0 spiro atoms. The average molecular weight is 390 g/mol. The smallest absolute Gasteiger partial charge is 0.182 e. The summed E-state index contributed by atoms with van der Waals surface area (Å²) in [7, 11) is 0. The second kappa shape index (κ2) is 7.30. The van der Waals surface area contributed by atoms with Crippen LogP contribution < -0.4 is 0 Å². The van der Waals surface area contributed by atoms with E-state index < -0.39 is 5.60 Å². The molecule has 0 bridgehead atoms. The summed E-state index contributed by atoms with van der Waals surface area (Å²) in [6, 6.07) is 4.23. The van der Waals surface area contributed by atoms with E-state index in [-0.39, 0.29) is 0 Å². The summed E-state index contributed by atoms with van der Waals surface area (Å²) < 4.78 is 6.24. The van der Waals surface area contributed by atoms with Crippen molar-refractivity contribution >= 4 is 0 Å². The van der Waals surface area contributed by atoms with Gasteiger partial charge in [-0.25, -0.2) is 5.10 Å². The minimum Gasteiger partial charge on any atom is -0.369 e. The maximum atomic E-state index is 6.24. The van der Waals surface area contributed by atoms with Gasteiger partial charge in [0.2, 0.25) is 0 Å². The van der Waals surface area contributed by atoms with Gasteiger partial charge < -0.3 is 4.74 Å². The molecule has 150 valence electrons. The summed E-state index contributed by atoms with van der Waals surface area (Å²) in [5.41, 5.74) is 7.36. The molecule has 1 atom stereocenters. The van der Waals surface area contributed by atoms with Gasteiger partial charge in [-0.1, -0.05) is 6.42 Å². The van der Waals surface area contributed by atoms with Crippen molar-refractivity contribution < 1.29 is 4.74 Å². The minimum absolute atomic E-state index is 0.430. The zero-order chi connectivity index (χ0) is 19.8. The van der Waals surface area contributed by atoms with Crippen molar-refractivity contribution in [3.05, 3.63) is 41.0 Å². The third-order valence-electron chi connectivity index (χ3n) is 6.21. The van der Waals surface area contributed by atoms with Crippen LogP contribution in [-0.2, 0) is 23.2 Å². The Morgan fingerprint density at radius 2 is 2.00 bits per heavy atom. The number of fused-ring (bicyclic) bond motifs is 1. The predicted octanol–water partition coefficient (Wildman–Crippen LogP) is 3.93. The van der Waals surface area contributed by atoms with Gasteiger partial charge in [-0.05, 0) is 91.6 Å². The van der Waals surface area contributed by atoms with E-state index in [4.69, 9.17) is 9.72 Å². The topological polar surface area (TPSA) is 89.5 Å². The lowest BCUT2D eigenvalue weighted by atomic mass is 9.84. The van der Waals surface area contributed by atoms with Crippen molar-refractivity contribution in [3.63, 3.8) is 0 Å². The van der Waals surface area contributed by atoms with E-state index in [0.29, 0.717) is 5.82 Å². The summed E-state index contributed by atoms with van der Waals surface area (Å²) in [6.45, 7) is 4.94. The molecule has 2 aliphatic rings. The molecule has 0 saturated carbocycles. The fraction of sp³-hybridized carbons (Fsp3) is 0.500. The second-order valence-corrected chi connectivity index (χ2v) is 8.31. The van der Waals surface area contributed by atoms with E-state index in [1.54, 1.807) is 0 Å². The van der Waals surface area contributed by atoms with Crippen molar-refractivity contribution in [2.24, 2.45) is 0 Å². The van der Waals surface area contributed by atoms with Crippen LogP contribution >= 0.6 is 0 Å². The van der Waals surface area contributed by atoms with Crippen LogP contribution in [0.15, 0.2) is 18.3 Å². The number of aromatic amines is 1. The van der Waals surface area contributed by atoms with Gasteiger partial charge in [-0.3, -0.25) is 9.97 Å². The Bertz CT molecular complexity index is 1020. The number of ether oxygens (including phenoxy) is 1. The summed E-state index contributed by atoms with van der Waals surface area (Å²) >= 11 is 0. The number of nitrogens with one attached hydrogen (secondary N) is 1. The first-order valence-electron chi connectivity index (χ1n) is 10.5. The second-order valence-electron chi connectivity index (χ2n) is 8.31. The quantitative estimate of drug-likeness (QED) is 0.682. The third-order valence-corrected chi connectivity index (χ3v) is 6.21. The highest BCUT2D eigenvalue weighted by molar-refractivity contribution is 5.85. The molecule has 0 aromatic carbocycles. The molecule has 1 aliphatic carbocycles. The molecule has 7 heteroatoms. The molecular formula is C22H26N6O. The van der Waals surface area contributed by atoms with Crippen molar-refractivity contribution in [2.45, 2.75) is 64.4 Å². The summed E-state index contributed by atoms with van der Waals surface area (Å²) in [5, 5.41) is 15.0. The monoisotopic (exact) mass is 390 g/mol. The number of rotatable bonds is 3. The van der Waals surface area contributed by atoms with Gasteiger partial charge in [-0.15, -0.1) is 5.10 Å². The molecule has 1 N–H and O–H groups in total. The zero-order valence-corrected chi connectivity index (χ0v) is 17.0. The van der Waals surface area contributed by atoms with Crippen LogP contribution in [0.2, 0.25) is 0 Å². The fourth-order valence-electron chi connectivity index (χ4n) is 4.78. The number of hydrogen-bond donors (Lipinski definition) is 1. The Balaban J connectivity index is 1.87. The van der Waals surface area contributed by atoms with E-state index in [0.717, 1.165) is 54.8 Å². The number of aromatic nitrogens is 6. The van der Waals surface area contributed by atoms with Crippen LogP contribution in [0.1, 0.15) is 61.7 Å². The van der Waals surface area contributed by atoms with E-state index in [1.165, 1.54) is 36.1 Å². The van der Waals surface area contributed by atoms with E-state index in [1.807, 2.05) is 13.1 Å². The number of H-pyrrole nitrogens is 1. The van der Waals surface area contributed by atoms with Crippen LogP contribution in [-0.4, -0.2) is 37.2 Å². The third kappa shape index (κ3) is 3.23. The molecular weight excluding hydrogens is 364 g/mol. The van der Waals surface area contributed by atoms with Gasteiger partial charge in [0.25, 0.3) is 0 Å². The van der Waals surface area contributed by atoms with Crippen LogP contribution in [0.3, 0.4) is 0 Å². The fourth-order valence-corrected chi connectivity index (χ4v) is 4.78. The van der Waals surface area contributed by atoms with Gasteiger partial charge in [0, 0.05) is 24.2 Å². The van der Waals surface area contributed by atoms with E-state index in [9.17, 15) is 0 Å². The zero-order valence-electron chi connectivity index (χ0n) is 17.0. The van der Waals surface area contributed by atoms with Crippen molar-refractivity contribution in [1.82, 2.24) is 30.6 Å². The molecule has 29 heavy (non-hydrogen) atoms. The molecule has 4 heterocycles. The highest BCUT2D eigenvalue weighted by Crippen LogP contribution is 2.45. The summed E-state index contributed by atoms with van der Waals surface area (Å²) in [5.74, 6) is 0.653. The number of nitrogens with zero attached hydrogens (tertiary/aromatic N) is 5. The van der Waals surface area contributed by atoms with Gasteiger partial charge in [0.15, 0.2) is 5.82 Å². The molecule has 3 aromatic heterocycles. The normalized spacial score (nSPS) is 21.7. The summed E-state index contributed by atoms with van der Waals surface area (Å²) in [4.78, 5) is 9.65. The largest absolute Gasteiger partial charge is 0.369 e. The predicted molar refractivity (Wildman–Crippen MR) is 109 cm³/mol. The number of tetrazole rings is 1. The maximum Gasteiger partial charge on any atom is 0.182 e. The average Bonchev–Trinajstić information content (AvgIpc) is 3.35. The van der Waals surface area contributed by atoms with Crippen LogP contribution in [0.4, 0.5) is 0 Å². The van der Waals surface area contributed by atoms with Crippen LogP contribution in [0, 0.1) is 6.92 Å². The molecule has 0 amide bonds. The first-order valence-corrected chi connectivity index (χ1v) is 10.5. The van der Waals surface area contributed by atoms with E-state index in [2.05, 4.69) is 44.7 Å². The van der Waals surface area contributed by atoms with Crippen LogP contribution in [0.25, 0.3) is 22.5 Å². The minimum atomic E-state index is -0.430. The molecule has 3 aromatic rings. The Kier molecular flexibility index (Phi) is 4.62. The maximum absolute atomic E-state index is 6.24. The van der Waals surface area contributed by atoms with Gasteiger partial charge in [0.1, 0.15) is 5.60 Å². The SMILES string of the molecule is Cc1cc(-c2c3c(nc([C@@]4(C)CCCO4)c2-c2nnn[nH]2)CCCCC3)ccn1. The van der Waals surface area contributed by atoms with Gasteiger partial charge >= 0.3 is 0 Å². The first kappa shape index (κ1) is 18.4. The van der Waals surface area contributed by atoms with Crippen LogP contribution in [0.5, 0.6) is 0 Å². The first-order chi connectivity index (χ1) is 14.2. The van der Waals surface area contributed by atoms with Crippen molar-refractivity contribution in [2.75, 3.05) is 6.61 Å². The summed E-state index contributed by atoms with van der Waals surface area (Å²) in [6.07, 6.45) is 9.46. The van der Waals surface area contributed by atoms with Crippen molar-refractivity contribution in [3.8, 4) is 22.5 Å². The lowest BCUT2D eigenvalue weighted by molar-refractivity contribution is 0.0136. The Hall–Kier alpha value is -2.67. The van der Waals surface area contributed by atoms with E-state index >= 15 is 0 Å². The molecule has 0 unspecified atom stereocenters. The Morgan fingerprint density at radius 1 is 1.10 bits per heavy atom. The number of aryl methyl sites for hydroxylation is 2. The Labute approximate surface area is 170 Å². The molecule has 0 radical (unpaired) electrons. The van der Waals surface area contributed by atoms with Crippen molar-refractivity contribution in [1.29, 1.82) is 0 Å². The van der Waals surface area contributed by atoms with Gasteiger partial charge in [0.05, 0.1) is 11.3 Å². The molecule has 1 fully saturated rings. The molecule has 5 rings (SSSR count).